The maximum absolute atomic E-state index is 5.51. The van der Waals surface area contributed by atoms with Gasteiger partial charge in [-0.25, -0.2) is 0 Å². The van der Waals surface area contributed by atoms with Gasteiger partial charge in [0.05, 0.1) is 12.9 Å². The minimum atomic E-state index is 0.750. The molecule has 0 aromatic heterocycles. The minimum absolute atomic E-state index is 0.750. The average Bonchev–Trinajstić information content (AvgIpc) is 2.34. The molecule has 0 aliphatic heterocycles. The van der Waals surface area contributed by atoms with Crippen LogP contribution in [0, 0.1) is 6.92 Å². The van der Waals surface area contributed by atoms with Crippen molar-refractivity contribution in [1.29, 1.82) is 0 Å². The molecule has 0 spiro atoms. The molecule has 0 atom stereocenters. The molecular formula is C16H22O. The predicted molar refractivity (Wildman–Crippen MR) is 74.8 cm³/mol. The molecule has 0 aliphatic rings. The van der Waals surface area contributed by atoms with Gasteiger partial charge < -0.3 is 4.74 Å². The van der Waals surface area contributed by atoms with E-state index in [-0.39, 0.29) is 0 Å². The standard InChI is InChI=1S/C16H22O/c1-4-5-6-7-12-17-13-15(3)16-10-8-14(2)9-11-16/h5-6,8-11,13H,4,7,12H2,1-3H3/b6-5-,15-13?. The Morgan fingerprint density at radius 3 is 2.53 bits per heavy atom. The molecule has 0 aliphatic carbocycles. The maximum Gasteiger partial charge on any atom is 0.0907 e. The number of ether oxygens (including phenoxy) is 1. The third-order valence-electron chi connectivity index (χ3n) is 2.57. The molecule has 1 heteroatoms. The summed E-state index contributed by atoms with van der Waals surface area (Å²) in [7, 11) is 0. The normalized spacial score (nSPS) is 12.1. The van der Waals surface area contributed by atoms with Crippen molar-refractivity contribution in [1.82, 2.24) is 0 Å². The van der Waals surface area contributed by atoms with Crippen molar-refractivity contribution < 1.29 is 4.74 Å². The zero-order valence-corrected chi connectivity index (χ0v) is 11.1. The highest BCUT2D eigenvalue weighted by Crippen LogP contribution is 2.14. The van der Waals surface area contributed by atoms with Gasteiger partial charge in [-0.1, -0.05) is 48.9 Å². The number of aryl methyl sites for hydroxylation is 1. The molecule has 1 nitrogen and oxygen atoms in total. The van der Waals surface area contributed by atoms with Crippen molar-refractivity contribution >= 4 is 5.57 Å². The fraction of sp³-hybridized carbons (Fsp3) is 0.375. The predicted octanol–water partition coefficient (Wildman–Crippen LogP) is 4.73. The van der Waals surface area contributed by atoms with Gasteiger partial charge in [-0.3, -0.25) is 0 Å². The van der Waals surface area contributed by atoms with E-state index in [1.165, 1.54) is 16.7 Å². The summed E-state index contributed by atoms with van der Waals surface area (Å²) in [6, 6.07) is 8.50. The monoisotopic (exact) mass is 230 g/mol. The topological polar surface area (TPSA) is 9.23 Å². The molecule has 0 heterocycles. The molecular weight excluding hydrogens is 208 g/mol. The summed E-state index contributed by atoms with van der Waals surface area (Å²) in [5.74, 6) is 0. The Morgan fingerprint density at radius 1 is 1.18 bits per heavy atom. The van der Waals surface area contributed by atoms with Gasteiger partial charge in [0, 0.05) is 0 Å². The maximum atomic E-state index is 5.51. The van der Waals surface area contributed by atoms with Gasteiger partial charge in [-0.15, -0.1) is 0 Å². The fourth-order valence-corrected chi connectivity index (χ4v) is 1.49. The van der Waals surface area contributed by atoms with E-state index in [0.29, 0.717) is 0 Å². The van der Waals surface area contributed by atoms with Gasteiger partial charge in [0.1, 0.15) is 0 Å². The first-order chi connectivity index (χ1) is 8.24. The molecule has 1 rings (SSSR count). The van der Waals surface area contributed by atoms with E-state index in [9.17, 15) is 0 Å². The van der Waals surface area contributed by atoms with Crippen LogP contribution in [0.3, 0.4) is 0 Å². The Bertz CT molecular complexity index is 371. The molecule has 0 saturated heterocycles. The molecule has 0 unspecified atom stereocenters. The number of allylic oxidation sites excluding steroid dienone is 2. The van der Waals surface area contributed by atoms with Gasteiger partial charge in [-0.2, -0.15) is 0 Å². The zero-order chi connectivity index (χ0) is 12.5. The zero-order valence-electron chi connectivity index (χ0n) is 11.1. The highest BCUT2D eigenvalue weighted by molar-refractivity contribution is 5.62. The largest absolute Gasteiger partial charge is 0.501 e. The van der Waals surface area contributed by atoms with Crippen LogP contribution in [0.25, 0.3) is 5.57 Å². The molecule has 1 aromatic carbocycles. The summed E-state index contributed by atoms with van der Waals surface area (Å²) in [6.07, 6.45) is 8.25. The lowest BCUT2D eigenvalue weighted by Crippen LogP contribution is -1.87. The Balaban J connectivity index is 2.39. The highest BCUT2D eigenvalue weighted by Gasteiger charge is 1.94. The first-order valence-corrected chi connectivity index (χ1v) is 6.24. The van der Waals surface area contributed by atoms with Gasteiger partial charge in [0.25, 0.3) is 0 Å². The second kappa shape index (κ2) is 7.72. The summed E-state index contributed by atoms with van der Waals surface area (Å²) in [5, 5.41) is 0. The summed E-state index contributed by atoms with van der Waals surface area (Å²) in [5.41, 5.74) is 3.68. The third kappa shape index (κ3) is 5.39. The van der Waals surface area contributed by atoms with Crippen molar-refractivity contribution in [3.05, 3.63) is 53.8 Å². The number of hydrogen-bond donors (Lipinski definition) is 0. The average molecular weight is 230 g/mol. The quantitative estimate of drug-likeness (QED) is 0.390. The number of rotatable bonds is 6. The van der Waals surface area contributed by atoms with Crippen LogP contribution >= 0.6 is 0 Å². The fourth-order valence-electron chi connectivity index (χ4n) is 1.49. The van der Waals surface area contributed by atoms with Gasteiger partial charge in [0.15, 0.2) is 0 Å². The van der Waals surface area contributed by atoms with Crippen LogP contribution < -0.4 is 0 Å². The van der Waals surface area contributed by atoms with Crippen molar-refractivity contribution in [3.8, 4) is 0 Å². The van der Waals surface area contributed by atoms with Crippen molar-refractivity contribution in [2.24, 2.45) is 0 Å². The number of hydrogen-bond acceptors (Lipinski definition) is 1. The van der Waals surface area contributed by atoms with E-state index >= 15 is 0 Å². The lowest BCUT2D eigenvalue weighted by Gasteiger charge is -2.03. The van der Waals surface area contributed by atoms with Crippen LogP contribution in [-0.4, -0.2) is 6.61 Å². The minimum Gasteiger partial charge on any atom is -0.501 e. The van der Waals surface area contributed by atoms with E-state index in [0.717, 1.165) is 19.4 Å². The van der Waals surface area contributed by atoms with E-state index in [4.69, 9.17) is 4.74 Å². The molecule has 0 bridgehead atoms. The Hall–Kier alpha value is -1.50. The molecule has 0 N–H and O–H groups in total. The lowest BCUT2D eigenvalue weighted by molar-refractivity contribution is 0.257. The smallest absolute Gasteiger partial charge is 0.0907 e. The van der Waals surface area contributed by atoms with Gasteiger partial charge in [-0.05, 0) is 37.8 Å². The Labute approximate surface area is 105 Å². The highest BCUT2D eigenvalue weighted by atomic mass is 16.5. The van der Waals surface area contributed by atoms with Crippen molar-refractivity contribution in [2.45, 2.75) is 33.6 Å². The molecule has 0 fully saturated rings. The summed E-state index contributed by atoms with van der Waals surface area (Å²) in [4.78, 5) is 0. The molecule has 0 amide bonds. The van der Waals surface area contributed by atoms with E-state index in [2.05, 4.69) is 57.2 Å². The lowest BCUT2D eigenvalue weighted by atomic mass is 10.1. The first kappa shape index (κ1) is 13.6. The summed E-state index contributed by atoms with van der Waals surface area (Å²) < 4.78 is 5.51. The Kier molecular flexibility index (Phi) is 6.16. The van der Waals surface area contributed by atoms with Crippen LogP contribution in [0.15, 0.2) is 42.7 Å². The van der Waals surface area contributed by atoms with Crippen molar-refractivity contribution in [2.75, 3.05) is 6.61 Å². The second-order valence-corrected chi connectivity index (χ2v) is 4.21. The van der Waals surface area contributed by atoms with Crippen LogP contribution in [0.4, 0.5) is 0 Å². The van der Waals surface area contributed by atoms with Crippen LogP contribution in [0.2, 0.25) is 0 Å². The summed E-state index contributed by atoms with van der Waals surface area (Å²) >= 11 is 0. The summed E-state index contributed by atoms with van der Waals surface area (Å²) in [6.45, 7) is 7.06. The Morgan fingerprint density at radius 2 is 1.88 bits per heavy atom. The van der Waals surface area contributed by atoms with E-state index in [1.807, 2.05) is 6.26 Å². The molecule has 0 saturated carbocycles. The number of benzene rings is 1. The molecule has 1 aromatic rings. The third-order valence-corrected chi connectivity index (χ3v) is 2.57. The first-order valence-electron chi connectivity index (χ1n) is 6.24. The van der Waals surface area contributed by atoms with Crippen LogP contribution in [0.1, 0.15) is 37.8 Å². The van der Waals surface area contributed by atoms with Crippen molar-refractivity contribution in [3.63, 3.8) is 0 Å². The van der Waals surface area contributed by atoms with E-state index in [1.54, 1.807) is 0 Å². The molecule has 0 radical (unpaired) electrons. The SMILES string of the molecule is CC/C=C\CCOC=C(C)c1ccc(C)cc1. The van der Waals surface area contributed by atoms with Crippen LogP contribution in [-0.2, 0) is 4.74 Å². The molecule has 92 valence electrons. The van der Waals surface area contributed by atoms with Crippen LogP contribution in [0.5, 0.6) is 0 Å². The van der Waals surface area contributed by atoms with E-state index < -0.39 is 0 Å². The molecule has 17 heavy (non-hydrogen) atoms. The second-order valence-electron chi connectivity index (χ2n) is 4.21. The van der Waals surface area contributed by atoms with Gasteiger partial charge in [0.2, 0.25) is 0 Å². The van der Waals surface area contributed by atoms with Gasteiger partial charge >= 0.3 is 0 Å².